The summed E-state index contributed by atoms with van der Waals surface area (Å²) in [5.41, 5.74) is 1.72. The first-order chi connectivity index (χ1) is 13.8. The van der Waals surface area contributed by atoms with Crippen LogP contribution in [0.5, 0.6) is 5.88 Å². The summed E-state index contributed by atoms with van der Waals surface area (Å²) in [5.74, 6) is 0.557. The van der Waals surface area contributed by atoms with Gasteiger partial charge in [0.25, 0.3) is 0 Å². The lowest BCUT2D eigenvalue weighted by Crippen LogP contribution is -2.43. The van der Waals surface area contributed by atoms with E-state index in [1.54, 1.807) is 13.3 Å². The molecule has 2 fully saturated rings. The van der Waals surface area contributed by atoms with Gasteiger partial charge in [-0.1, -0.05) is 0 Å². The fourth-order valence-electron chi connectivity index (χ4n) is 4.51. The lowest BCUT2D eigenvalue weighted by molar-refractivity contribution is 0.0266. The van der Waals surface area contributed by atoms with E-state index < -0.39 is 5.60 Å². The summed E-state index contributed by atoms with van der Waals surface area (Å²) in [6.45, 7) is 9.26. The molecule has 0 saturated carbocycles. The Balaban J connectivity index is 1.46. The van der Waals surface area contributed by atoms with Gasteiger partial charge in [0.1, 0.15) is 11.1 Å². The Labute approximate surface area is 172 Å². The zero-order valence-corrected chi connectivity index (χ0v) is 17.8. The van der Waals surface area contributed by atoms with Gasteiger partial charge in [0.2, 0.25) is 5.88 Å². The average molecular weight is 399 g/mol. The number of methoxy groups -OCH3 is 1. The molecule has 2 aromatic rings. The summed E-state index contributed by atoms with van der Waals surface area (Å²) >= 11 is 0. The molecule has 0 radical (unpaired) electrons. The van der Waals surface area contributed by atoms with E-state index >= 15 is 0 Å². The van der Waals surface area contributed by atoms with Crippen LogP contribution in [-0.4, -0.2) is 59.9 Å². The largest absolute Gasteiger partial charge is 0.479 e. The minimum atomic E-state index is -0.450. The molecule has 2 saturated heterocycles. The molecule has 0 aliphatic carbocycles. The van der Waals surface area contributed by atoms with Crippen molar-refractivity contribution in [3.8, 4) is 5.88 Å². The van der Waals surface area contributed by atoms with Crippen molar-refractivity contribution >= 4 is 22.7 Å². The van der Waals surface area contributed by atoms with Gasteiger partial charge in [-0.25, -0.2) is 9.78 Å². The lowest BCUT2D eigenvalue weighted by atomic mass is 9.77. The highest BCUT2D eigenvalue weighted by atomic mass is 16.6. The molecule has 4 rings (SSSR count). The van der Waals surface area contributed by atoms with Crippen LogP contribution in [-0.2, 0) is 4.74 Å². The van der Waals surface area contributed by atoms with E-state index in [0.717, 1.165) is 56.3 Å². The quantitative estimate of drug-likeness (QED) is 0.765. The molecule has 0 atom stereocenters. The number of piperidine rings is 1. The minimum absolute atomic E-state index is 0.184. The summed E-state index contributed by atoms with van der Waals surface area (Å²) in [6.07, 6.45) is 6.60. The third-order valence-corrected chi connectivity index (χ3v) is 6.05. The summed E-state index contributed by atoms with van der Waals surface area (Å²) in [7, 11) is 1.62. The number of rotatable bonds is 2. The van der Waals surface area contributed by atoms with E-state index in [2.05, 4.69) is 20.9 Å². The second-order valence-electron chi connectivity index (χ2n) is 9.19. The van der Waals surface area contributed by atoms with Crippen molar-refractivity contribution < 1.29 is 14.3 Å². The van der Waals surface area contributed by atoms with E-state index in [9.17, 15) is 4.79 Å². The van der Waals surface area contributed by atoms with Crippen LogP contribution in [0.2, 0.25) is 0 Å². The number of carbonyl (C=O) groups excluding carboxylic acids is 1. The maximum Gasteiger partial charge on any atom is 0.410 e. The van der Waals surface area contributed by atoms with Gasteiger partial charge >= 0.3 is 6.09 Å². The molecule has 156 valence electrons. The van der Waals surface area contributed by atoms with Gasteiger partial charge < -0.3 is 19.3 Å². The number of pyridine rings is 2. The molecule has 0 unspecified atom stereocenters. The lowest BCUT2D eigenvalue weighted by Gasteiger charge is -2.40. The molecule has 7 nitrogen and oxygen atoms in total. The molecule has 1 spiro atoms. The Bertz CT molecular complexity index is 901. The van der Waals surface area contributed by atoms with E-state index in [-0.39, 0.29) is 11.5 Å². The third-order valence-electron chi connectivity index (χ3n) is 6.05. The highest BCUT2D eigenvalue weighted by Crippen LogP contribution is 2.42. The number of hydrogen-bond acceptors (Lipinski definition) is 6. The van der Waals surface area contributed by atoms with Gasteiger partial charge in [-0.05, 0) is 57.6 Å². The summed E-state index contributed by atoms with van der Waals surface area (Å²) in [6, 6.07) is 4.08. The second kappa shape index (κ2) is 7.35. The van der Waals surface area contributed by atoms with Gasteiger partial charge in [-0.2, -0.15) is 0 Å². The van der Waals surface area contributed by atoms with Crippen molar-refractivity contribution in [3.05, 3.63) is 24.5 Å². The maximum atomic E-state index is 12.4. The molecule has 4 heterocycles. The number of nitrogens with zero attached hydrogens (tertiary/aromatic N) is 4. The van der Waals surface area contributed by atoms with Crippen molar-refractivity contribution in [3.63, 3.8) is 0 Å². The number of ether oxygens (including phenoxy) is 2. The topological polar surface area (TPSA) is 67.8 Å². The fraction of sp³-hybridized carbons (Fsp3) is 0.591. The molecule has 0 bridgehead atoms. The van der Waals surface area contributed by atoms with Gasteiger partial charge in [0.05, 0.1) is 7.11 Å². The van der Waals surface area contributed by atoms with Crippen molar-refractivity contribution in [2.45, 2.75) is 45.6 Å². The number of anilines is 1. The molecule has 29 heavy (non-hydrogen) atoms. The maximum absolute atomic E-state index is 12.4. The first-order valence-electron chi connectivity index (χ1n) is 10.3. The summed E-state index contributed by atoms with van der Waals surface area (Å²) in [4.78, 5) is 25.5. The first kappa shape index (κ1) is 19.7. The minimum Gasteiger partial charge on any atom is -0.479 e. The zero-order chi connectivity index (χ0) is 20.6. The Morgan fingerprint density at radius 1 is 1.07 bits per heavy atom. The van der Waals surface area contributed by atoms with E-state index in [1.807, 2.05) is 37.9 Å². The van der Waals surface area contributed by atoms with Crippen LogP contribution in [0.4, 0.5) is 10.5 Å². The highest BCUT2D eigenvalue weighted by molar-refractivity contribution is 5.94. The second-order valence-corrected chi connectivity index (χ2v) is 9.19. The van der Waals surface area contributed by atoms with E-state index in [4.69, 9.17) is 9.47 Å². The average Bonchev–Trinajstić information content (AvgIpc) is 3.10. The Morgan fingerprint density at radius 3 is 2.45 bits per heavy atom. The smallest absolute Gasteiger partial charge is 0.410 e. The highest BCUT2D eigenvalue weighted by Gasteiger charge is 2.43. The van der Waals surface area contributed by atoms with Crippen LogP contribution in [0.3, 0.4) is 0 Å². The van der Waals surface area contributed by atoms with Crippen molar-refractivity contribution in [2.24, 2.45) is 5.41 Å². The SMILES string of the molecule is COc1nccc2c(N3CCC4(CCN(C(=O)OC(C)(C)C)C4)CC3)ccnc12. The standard InChI is InChI=1S/C22H30N4O3/c1-21(2,3)29-20(27)26-14-9-22(15-26)7-12-25(13-8-22)17-6-11-23-18-16(17)5-10-24-19(18)28-4/h5-6,10-11H,7-9,12-15H2,1-4H3. The summed E-state index contributed by atoms with van der Waals surface area (Å²) in [5, 5.41) is 1.07. The number of likely N-dealkylation sites (tertiary alicyclic amines) is 1. The number of carbonyl (C=O) groups is 1. The summed E-state index contributed by atoms with van der Waals surface area (Å²) < 4.78 is 10.9. The molecule has 2 aliphatic heterocycles. The molecule has 0 aromatic carbocycles. The van der Waals surface area contributed by atoms with Crippen LogP contribution in [0.25, 0.3) is 10.9 Å². The van der Waals surface area contributed by atoms with Gasteiger partial charge in [0, 0.05) is 49.6 Å². The van der Waals surface area contributed by atoms with Crippen LogP contribution >= 0.6 is 0 Å². The van der Waals surface area contributed by atoms with Crippen molar-refractivity contribution in [1.82, 2.24) is 14.9 Å². The van der Waals surface area contributed by atoms with Crippen molar-refractivity contribution in [1.29, 1.82) is 0 Å². The number of aromatic nitrogens is 2. The van der Waals surface area contributed by atoms with Crippen LogP contribution < -0.4 is 9.64 Å². The monoisotopic (exact) mass is 398 g/mol. The first-order valence-corrected chi connectivity index (χ1v) is 10.3. The third kappa shape index (κ3) is 3.95. The van der Waals surface area contributed by atoms with Crippen molar-refractivity contribution in [2.75, 3.05) is 38.2 Å². The Kier molecular flexibility index (Phi) is 5.00. The normalized spacial score (nSPS) is 19.0. The molecular weight excluding hydrogens is 368 g/mol. The molecule has 1 amide bonds. The van der Waals surface area contributed by atoms with E-state index in [0.29, 0.717) is 5.88 Å². The molecule has 0 N–H and O–H groups in total. The molecule has 2 aromatic heterocycles. The number of hydrogen-bond donors (Lipinski definition) is 0. The predicted octanol–water partition coefficient (Wildman–Crippen LogP) is 3.87. The van der Waals surface area contributed by atoms with Gasteiger partial charge in [-0.15, -0.1) is 0 Å². The fourth-order valence-corrected chi connectivity index (χ4v) is 4.51. The molecule has 2 aliphatic rings. The van der Waals surface area contributed by atoms with Gasteiger partial charge in [-0.3, -0.25) is 4.98 Å². The Morgan fingerprint density at radius 2 is 1.76 bits per heavy atom. The van der Waals surface area contributed by atoms with Gasteiger partial charge in [0.15, 0.2) is 0 Å². The number of fused-ring (bicyclic) bond motifs is 1. The zero-order valence-electron chi connectivity index (χ0n) is 17.8. The predicted molar refractivity (Wildman–Crippen MR) is 112 cm³/mol. The molecule has 7 heteroatoms. The van der Waals surface area contributed by atoms with E-state index in [1.165, 1.54) is 5.69 Å². The Hall–Kier alpha value is -2.57. The molecular formula is C22H30N4O3. The number of amides is 1. The van der Waals surface area contributed by atoms with Crippen LogP contribution in [0.15, 0.2) is 24.5 Å². The van der Waals surface area contributed by atoms with Crippen LogP contribution in [0.1, 0.15) is 40.0 Å². The van der Waals surface area contributed by atoms with Crippen LogP contribution in [0, 0.1) is 5.41 Å².